The van der Waals surface area contributed by atoms with Gasteiger partial charge in [0.05, 0.1) is 0 Å². The fourth-order valence-electron chi connectivity index (χ4n) is 1.33. The lowest BCUT2D eigenvalue weighted by molar-refractivity contribution is 1.42. The Morgan fingerprint density at radius 1 is 1.08 bits per heavy atom. The molecule has 0 radical (unpaired) electrons. The standard InChI is InChI=1S/C10H11N3/c11-9-4-2-1-3-8(9)7-5-10(12)13-6-7/h1-6,13H,11-12H2. The molecule has 0 fully saturated rings. The molecule has 1 heterocycles. The van der Waals surface area contributed by atoms with Crippen molar-refractivity contribution in [3.63, 3.8) is 0 Å². The Labute approximate surface area is 76.4 Å². The van der Waals surface area contributed by atoms with Crippen molar-refractivity contribution in [2.24, 2.45) is 0 Å². The molecule has 1 aromatic carbocycles. The Kier molecular flexibility index (Phi) is 1.70. The third-order valence-electron chi connectivity index (χ3n) is 1.98. The Morgan fingerprint density at radius 2 is 1.85 bits per heavy atom. The fourth-order valence-corrected chi connectivity index (χ4v) is 1.33. The van der Waals surface area contributed by atoms with Crippen LogP contribution in [0.15, 0.2) is 36.5 Å². The zero-order valence-corrected chi connectivity index (χ0v) is 7.12. The molecule has 66 valence electrons. The van der Waals surface area contributed by atoms with E-state index in [-0.39, 0.29) is 0 Å². The molecular formula is C10H11N3. The van der Waals surface area contributed by atoms with Crippen molar-refractivity contribution in [3.05, 3.63) is 36.5 Å². The van der Waals surface area contributed by atoms with Gasteiger partial charge in [-0.1, -0.05) is 18.2 Å². The number of benzene rings is 1. The maximum atomic E-state index is 5.81. The Hall–Kier alpha value is -1.90. The summed E-state index contributed by atoms with van der Waals surface area (Å²) in [6, 6.07) is 9.58. The van der Waals surface area contributed by atoms with Crippen LogP contribution >= 0.6 is 0 Å². The lowest BCUT2D eigenvalue weighted by Crippen LogP contribution is -1.87. The molecule has 0 amide bonds. The van der Waals surface area contributed by atoms with Gasteiger partial charge in [-0.15, -0.1) is 0 Å². The first-order valence-electron chi connectivity index (χ1n) is 4.06. The fraction of sp³-hybridized carbons (Fsp3) is 0. The average Bonchev–Trinajstić information content (AvgIpc) is 2.53. The van der Waals surface area contributed by atoms with Gasteiger partial charge in [0.1, 0.15) is 5.82 Å². The van der Waals surface area contributed by atoms with Crippen LogP contribution in [-0.2, 0) is 0 Å². The first-order chi connectivity index (χ1) is 6.27. The van der Waals surface area contributed by atoms with E-state index in [1.165, 1.54) is 0 Å². The topological polar surface area (TPSA) is 67.8 Å². The highest BCUT2D eigenvalue weighted by atomic mass is 14.8. The number of hydrogen-bond donors (Lipinski definition) is 3. The lowest BCUT2D eigenvalue weighted by atomic mass is 10.1. The summed E-state index contributed by atoms with van der Waals surface area (Å²) in [5.74, 6) is 0.651. The maximum Gasteiger partial charge on any atom is 0.101 e. The largest absolute Gasteiger partial charge is 0.398 e. The van der Waals surface area contributed by atoms with E-state index in [0.29, 0.717) is 5.82 Å². The zero-order chi connectivity index (χ0) is 9.26. The highest BCUT2D eigenvalue weighted by Crippen LogP contribution is 2.26. The van der Waals surface area contributed by atoms with Crippen molar-refractivity contribution in [1.29, 1.82) is 0 Å². The van der Waals surface area contributed by atoms with Gasteiger partial charge in [0.2, 0.25) is 0 Å². The SMILES string of the molecule is Nc1cc(-c2ccccc2N)c[nH]1. The van der Waals surface area contributed by atoms with Crippen molar-refractivity contribution < 1.29 is 0 Å². The van der Waals surface area contributed by atoms with Gasteiger partial charge < -0.3 is 16.5 Å². The molecule has 0 saturated heterocycles. The molecule has 2 rings (SSSR count). The normalized spacial score (nSPS) is 10.2. The van der Waals surface area contributed by atoms with E-state index in [4.69, 9.17) is 11.5 Å². The van der Waals surface area contributed by atoms with Crippen LogP contribution in [0.25, 0.3) is 11.1 Å². The number of hydrogen-bond acceptors (Lipinski definition) is 2. The molecule has 3 nitrogen and oxygen atoms in total. The van der Waals surface area contributed by atoms with E-state index >= 15 is 0 Å². The third-order valence-corrected chi connectivity index (χ3v) is 1.98. The van der Waals surface area contributed by atoms with Gasteiger partial charge in [-0.2, -0.15) is 0 Å². The monoisotopic (exact) mass is 173 g/mol. The second-order valence-corrected chi connectivity index (χ2v) is 2.93. The smallest absolute Gasteiger partial charge is 0.101 e. The first-order valence-corrected chi connectivity index (χ1v) is 4.06. The van der Waals surface area contributed by atoms with Crippen LogP contribution in [0.1, 0.15) is 0 Å². The number of nitrogen functional groups attached to an aromatic ring is 2. The summed E-state index contributed by atoms with van der Waals surface area (Å²) >= 11 is 0. The minimum absolute atomic E-state index is 0.651. The van der Waals surface area contributed by atoms with Crippen LogP contribution in [0.5, 0.6) is 0 Å². The summed E-state index contributed by atoms with van der Waals surface area (Å²) in [7, 11) is 0. The Morgan fingerprint density at radius 3 is 2.46 bits per heavy atom. The van der Waals surface area contributed by atoms with Crippen LogP contribution < -0.4 is 11.5 Å². The van der Waals surface area contributed by atoms with Crippen LogP contribution in [0.2, 0.25) is 0 Å². The predicted octanol–water partition coefficient (Wildman–Crippen LogP) is 1.85. The quantitative estimate of drug-likeness (QED) is 0.576. The molecule has 0 bridgehead atoms. The Bertz CT molecular complexity index is 418. The van der Waals surface area contributed by atoms with E-state index < -0.39 is 0 Å². The number of rotatable bonds is 1. The minimum atomic E-state index is 0.651. The summed E-state index contributed by atoms with van der Waals surface area (Å²) in [6.45, 7) is 0. The molecular weight excluding hydrogens is 162 g/mol. The number of aromatic nitrogens is 1. The minimum Gasteiger partial charge on any atom is -0.398 e. The molecule has 0 aliphatic heterocycles. The molecule has 1 aromatic heterocycles. The van der Waals surface area contributed by atoms with Crippen LogP contribution in [0.3, 0.4) is 0 Å². The summed E-state index contributed by atoms with van der Waals surface area (Å²) < 4.78 is 0. The number of aromatic amines is 1. The molecule has 5 N–H and O–H groups in total. The second-order valence-electron chi connectivity index (χ2n) is 2.93. The van der Waals surface area contributed by atoms with Crippen LogP contribution in [-0.4, -0.2) is 4.98 Å². The van der Waals surface area contributed by atoms with E-state index in [2.05, 4.69) is 4.98 Å². The van der Waals surface area contributed by atoms with E-state index in [9.17, 15) is 0 Å². The van der Waals surface area contributed by atoms with Crippen molar-refractivity contribution in [3.8, 4) is 11.1 Å². The van der Waals surface area contributed by atoms with Crippen LogP contribution in [0, 0.1) is 0 Å². The van der Waals surface area contributed by atoms with Gasteiger partial charge in [-0.3, -0.25) is 0 Å². The van der Waals surface area contributed by atoms with E-state index in [0.717, 1.165) is 16.8 Å². The van der Waals surface area contributed by atoms with Gasteiger partial charge in [-0.25, -0.2) is 0 Å². The molecule has 3 heteroatoms. The summed E-state index contributed by atoms with van der Waals surface area (Å²) in [4.78, 5) is 2.92. The molecule has 0 aliphatic rings. The van der Waals surface area contributed by atoms with Gasteiger partial charge in [0.15, 0.2) is 0 Å². The number of anilines is 2. The molecule has 0 atom stereocenters. The Balaban J connectivity index is 2.52. The van der Waals surface area contributed by atoms with Crippen LogP contribution in [0.4, 0.5) is 11.5 Å². The summed E-state index contributed by atoms with van der Waals surface area (Å²) in [6.07, 6.45) is 1.85. The molecule has 0 unspecified atom stereocenters. The second kappa shape index (κ2) is 2.86. The molecule has 0 aliphatic carbocycles. The van der Waals surface area contributed by atoms with Gasteiger partial charge >= 0.3 is 0 Å². The van der Waals surface area contributed by atoms with E-state index in [1.54, 1.807) is 0 Å². The zero-order valence-electron chi connectivity index (χ0n) is 7.12. The van der Waals surface area contributed by atoms with Crippen molar-refractivity contribution >= 4 is 11.5 Å². The molecule has 13 heavy (non-hydrogen) atoms. The van der Waals surface area contributed by atoms with Gasteiger partial charge in [-0.05, 0) is 12.1 Å². The summed E-state index contributed by atoms with van der Waals surface area (Å²) in [5.41, 5.74) is 14.2. The molecule has 0 saturated carbocycles. The van der Waals surface area contributed by atoms with Crippen molar-refractivity contribution in [2.75, 3.05) is 11.5 Å². The van der Waals surface area contributed by atoms with E-state index in [1.807, 2.05) is 36.5 Å². The number of nitrogens with two attached hydrogens (primary N) is 2. The molecule has 2 aromatic rings. The first kappa shape index (κ1) is 7.73. The van der Waals surface area contributed by atoms with Gasteiger partial charge in [0, 0.05) is 23.0 Å². The van der Waals surface area contributed by atoms with Crippen molar-refractivity contribution in [2.45, 2.75) is 0 Å². The molecule has 0 spiro atoms. The van der Waals surface area contributed by atoms with Crippen molar-refractivity contribution in [1.82, 2.24) is 4.98 Å². The maximum absolute atomic E-state index is 5.81. The highest BCUT2D eigenvalue weighted by Gasteiger charge is 2.02. The average molecular weight is 173 g/mol. The number of para-hydroxylation sites is 1. The lowest BCUT2D eigenvalue weighted by Gasteiger charge is -2.00. The third kappa shape index (κ3) is 1.36. The summed E-state index contributed by atoms with van der Waals surface area (Å²) in [5, 5.41) is 0. The number of H-pyrrole nitrogens is 1. The number of nitrogens with one attached hydrogen (secondary N) is 1. The highest BCUT2D eigenvalue weighted by molar-refractivity contribution is 5.77. The predicted molar refractivity (Wildman–Crippen MR) is 55.1 cm³/mol. The van der Waals surface area contributed by atoms with Gasteiger partial charge in [0.25, 0.3) is 0 Å².